The number of nitrogens with zero attached hydrogens (tertiary/aromatic N) is 4. The third-order valence-electron chi connectivity index (χ3n) is 4.74. The lowest BCUT2D eigenvalue weighted by atomic mass is 10.0. The van der Waals surface area contributed by atoms with Crippen molar-refractivity contribution >= 4 is 0 Å². The average Bonchev–Trinajstić information content (AvgIpc) is 3.24. The maximum absolute atomic E-state index is 4.58. The first-order valence-corrected chi connectivity index (χ1v) is 8.65. The number of aryl methyl sites for hydroxylation is 4. The number of hydrogen-bond acceptors (Lipinski definition) is 3. The van der Waals surface area contributed by atoms with Gasteiger partial charge in [0.05, 0.1) is 17.6 Å². The Morgan fingerprint density at radius 3 is 2.08 bits per heavy atom. The number of aromatic nitrogens is 5. The Bertz CT molecular complexity index is 1050. The highest BCUT2D eigenvalue weighted by Gasteiger charge is 2.17. The summed E-state index contributed by atoms with van der Waals surface area (Å²) >= 11 is 0. The van der Waals surface area contributed by atoms with Gasteiger partial charge in [0, 0.05) is 5.56 Å². The second-order valence-electron chi connectivity index (χ2n) is 6.65. The quantitative estimate of drug-likeness (QED) is 0.593. The monoisotopic (exact) mass is 343 g/mol. The largest absolute Gasteiger partial charge is 0.335 e. The van der Waals surface area contributed by atoms with Crippen LogP contribution in [0.4, 0.5) is 0 Å². The number of rotatable bonds is 3. The topological polar surface area (TPSA) is 59.4 Å². The highest BCUT2D eigenvalue weighted by atomic mass is 15.3. The van der Waals surface area contributed by atoms with E-state index in [-0.39, 0.29) is 0 Å². The molecular formula is C21H21N5. The van der Waals surface area contributed by atoms with Gasteiger partial charge in [0.1, 0.15) is 6.33 Å². The Hall–Kier alpha value is -3.21. The van der Waals surface area contributed by atoms with Gasteiger partial charge in [0.25, 0.3) is 0 Å². The molecule has 0 atom stereocenters. The smallest absolute Gasteiger partial charge is 0.199 e. The fraction of sp³-hybridized carbons (Fsp3) is 0.190. The van der Waals surface area contributed by atoms with Crippen LogP contribution >= 0.6 is 0 Å². The fourth-order valence-electron chi connectivity index (χ4n) is 3.51. The van der Waals surface area contributed by atoms with Gasteiger partial charge in [-0.05, 0) is 49.9 Å². The molecule has 0 fully saturated rings. The predicted octanol–water partition coefficient (Wildman–Crippen LogP) is 4.56. The molecule has 4 rings (SSSR count). The number of para-hydroxylation sites is 1. The molecule has 0 radical (unpaired) electrons. The molecule has 0 saturated heterocycles. The van der Waals surface area contributed by atoms with E-state index in [1.54, 1.807) is 6.33 Å². The van der Waals surface area contributed by atoms with E-state index in [0.29, 0.717) is 11.6 Å². The molecular weight excluding hydrogens is 322 g/mol. The molecule has 0 saturated carbocycles. The standard InChI is InChI=1S/C21H21N5/c1-13-7-5-8-14(2)18(13)17-11-22-20(25-17)21-23-12-24-26(21)19-15(3)9-6-10-16(19)4/h5-12H,1-4H3,(H,22,25). The van der Waals surface area contributed by atoms with Crippen LogP contribution in [0.25, 0.3) is 28.6 Å². The van der Waals surface area contributed by atoms with Gasteiger partial charge >= 0.3 is 0 Å². The number of aromatic amines is 1. The summed E-state index contributed by atoms with van der Waals surface area (Å²) in [6.07, 6.45) is 3.44. The van der Waals surface area contributed by atoms with Crippen LogP contribution in [-0.4, -0.2) is 24.7 Å². The van der Waals surface area contributed by atoms with Crippen LogP contribution in [-0.2, 0) is 0 Å². The Morgan fingerprint density at radius 2 is 1.42 bits per heavy atom. The lowest BCUT2D eigenvalue weighted by Gasteiger charge is -2.11. The molecule has 26 heavy (non-hydrogen) atoms. The zero-order chi connectivity index (χ0) is 18.3. The molecule has 130 valence electrons. The molecule has 0 spiro atoms. The number of benzene rings is 2. The van der Waals surface area contributed by atoms with Crippen molar-refractivity contribution in [3.8, 4) is 28.6 Å². The van der Waals surface area contributed by atoms with E-state index < -0.39 is 0 Å². The molecule has 1 N–H and O–H groups in total. The van der Waals surface area contributed by atoms with E-state index in [2.05, 4.69) is 84.1 Å². The molecule has 4 aromatic rings. The minimum absolute atomic E-state index is 0.708. The first-order chi connectivity index (χ1) is 12.6. The summed E-state index contributed by atoms with van der Waals surface area (Å²) in [7, 11) is 0. The van der Waals surface area contributed by atoms with Crippen molar-refractivity contribution in [2.24, 2.45) is 0 Å². The van der Waals surface area contributed by atoms with Crippen molar-refractivity contribution < 1.29 is 0 Å². The molecule has 0 amide bonds. The Balaban J connectivity index is 1.83. The molecule has 2 aromatic heterocycles. The summed E-state index contributed by atoms with van der Waals surface area (Å²) < 4.78 is 1.86. The van der Waals surface area contributed by atoms with Crippen LogP contribution in [0, 0.1) is 27.7 Å². The molecule has 0 aliphatic heterocycles. The van der Waals surface area contributed by atoms with Crippen LogP contribution in [0.3, 0.4) is 0 Å². The van der Waals surface area contributed by atoms with Crippen LogP contribution < -0.4 is 0 Å². The Labute approximate surface area is 152 Å². The summed E-state index contributed by atoms with van der Waals surface area (Å²) in [5, 5.41) is 4.45. The maximum Gasteiger partial charge on any atom is 0.199 e. The number of nitrogens with one attached hydrogen (secondary N) is 1. The van der Waals surface area contributed by atoms with Gasteiger partial charge in [-0.2, -0.15) is 5.10 Å². The average molecular weight is 343 g/mol. The predicted molar refractivity (Wildman–Crippen MR) is 103 cm³/mol. The molecule has 0 unspecified atom stereocenters. The minimum atomic E-state index is 0.708. The van der Waals surface area contributed by atoms with E-state index in [0.717, 1.165) is 22.5 Å². The van der Waals surface area contributed by atoms with Crippen molar-refractivity contribution in [3.05, 3.63) is 71.2 Å². The number of imidazole rings is 1. The van der Waals surface area contributed by atoms with E-state index in [1.807, 2.05) is 10.9 Å². The van der Waals surface area contributed by atoms with Crippen LogP contribution in [0.2, 0.25) is 0 Å². The molecule has 5 nitrogen and oxygen atoms in total. The molecule has 0 aliphatic rings. The van der Waals surface area contributed by atoms with Crippen LogP contribution in [0.15, 0.2) is 48.9 Å². The lowest BCUT2D eigenvalue weighted by molar-refractivity contribution is 0.864. The molecule has 0 bridgehead atoms. The van der Waals surface area contributed by atoms with Crippen molar-refractivity contribution in [2.75, 3.05) is 0 Å². The molecule has 0 aliphatic carbocycles. The summed E-state index contributed by atoms with van der Waals surface area (Å²) in [6.45, 7) is 8.39. The molecule has 2 aromatic carbocycles. The summed E-state index contributed by atoms with van der Waals surface area (Å²) in [6, 6.07) is 12.5. The van der Waals surface area contributed by atoms with Gasteiger partial charge in [0.15, 0.2) is 11.6 Å². The van der Waals surface area contributed by atoms with Gasteiger partial charge < -0.3 is 4.98 Å². The van der Waals surface area contributed by atoms with E-state index >= 15 is 0 Å². The zero-order valence-electron chi connectivity index (χ0n) is 15.4. The van der Waals surface area contributed by atoms with Crippen molar-refractivity contribution in [1.82, 2.24) is 24.7 Å². The summed E-state index contributed by atoms with van der Waals surface area (Å²) in [4.78, 5) is 12.5. The highest BCUT2D eigenvalue weighted by Crippen LogP contribution is 2.28. The fourth-order valence-corrected chi connectivity index (χ4v) is 3.51. The Kier molecular flexibility index (Phi) is 3.92. The molecule has 2 heterocycles. The normalized spacial score (nSPS) is 11.1. The molecule has 5 heteroatoms. The van der Waals surface area contributed by atoms with Gasteiger partial charge in [-0.25, -0.2) is 14.6 Å². The van der Waals surface area contributed by atoms with Crippen molar-refractivity contribution in [3.63, 3.8) is 0 Å². The van der Waals surface area contributed by atoms with Crippen molar-refractivity contribution in [1.29, 1.82) is 0 Å². The van der Waals surface area contributed by atoms with E-state index in [9.17, 15) is 0 Å². The Morgan fingerprint density at radius 1 is 0.808 bits per heavy atom. The van der Waals surface area contributed by atoms with Crippen LogP contribution in [0.5, 0.6) is 0 Å². The SMILES string of the molecule is Cc1cccc(C)c1-c1cnc(-c2ncnn2-c2c(C)cccc2C)[nH]1. The second-order valence-corrected chi connectivity index (χ2v) is 6.65. The third-order valence-corrected chi connectivity index (χ3v) is 4.74. The summed E-state index contributed by atoms with van der Waals surface area (Å²) in [5.41, 5.74) is 7.96. The minimum Gasteiger partial charge on any atom is -0.335 e. The second kappa shape index (κ2) is 6.26. The van der Waals surface area contributed by atoms with E-state index in [1.165, 1.54) is 16.7 Å². The third kappa shape index (κ3) is 2.62. The summed E-state index contributed by atoms with van der Waals surface area (Å²) in [5.74, 6) is 1.42. The number of hydrogen-bond donors (Lipinski definition) is 1. The van der Waals surface area contributed by atoms with Gasteiger partial charge in [-0.3, -0.25) is 0 Å². The first kappa shape index (κ1) is 16.3. The highest BCUT2D eigenvalue weighted by molar-refractivity contribution is 5.69. The van der Waals surface area contributed by atoms with Crippen LogP contribution in [0.1, 0.15) is 22.3 Å². The van der Waals surface area contributed by atoms with Gasteiger partial charge in [-0.15, -0.1) is 0 Å². The van der Waals surface area contributed by atoms with Crippen molar-refractivity contribution in [2.45, 2.75) is 27.7 Å². The van der Waals surface area contributed by atoms with Gasteiger partial charge in [0.2, 0.25) is 0 Å². The number of H-pyrrole nitrogens is 1. The van der Waals surface area contributed by atoms with Gasteiger partial charge in [-0.1, -0.05) is 36.4 Å². The van der Waals surface area contributed by atoms with E-state index in [4.69, 9.17) is 0 Å². The zero-order valence-corrected chi connectivity index (χ0v) is 15.4. The maximum atomic E-state index is 4.58. The lowest BCUT2D eigenvalue weighted by Crippen LogP contribution is -2.05. The first-order valence-electron chi connectivity index (χ1n) is 8.65.